The van der Waals surface area contributed by atoms with Crippen molar-refractivity contribution in [3.05, 3.63) is 30.3 Å². The topological polar surface area (TPSA) is 8.88 Å². The maximum atomic E-state index is 3.99. The molecule has 182 valence electrons. The number of likely N-dealkylation sites (tertiary alicyclic amines) is 2. The van der Waals surface area contributed by atoms with Crippen LogP contribution < -0.4 is 39.8 Å². The molecule has 2 aliphatic heterocycles. The Bertz CT molecular complexity index is 752. The molecular weight excluding hydrogens is 463 g/mol. The van der Waals surface area contributed by atoms with Crippen molar-refractivity contribution in [1.29, 1.82) is 0 Å². The van der Waals surface area contributed by atoms with E-state index in [-0.39, 0.29) is 24.8 Å². The molecule has 2 heterocycles. The summed E-state index contributed by atoms with van der Waals surface area (Å²) in [6, 6.07) is 11.3. The van der Waals surface area contributed by atoms with Crippen molar-refractivity contribution in [2.45, 2.75) is 76.2 Å². The van der Waals surface area contributed by atoms with Crippen LogP contribution >= 0.6 is 0 Å². The zero-order valence-electron chi connectivity index (χ0n) is 20.2. The first-order chi connectivity index (χ1) is 15.4. The Labute approximate surface area is 216 Å². The van der Waals surface area contributed by atoms with Gasteiger partial charge in [-0.05, 0) is 61.1 Å². The molecule has 0 radical (unpaired) electrons. The third kappa shape index (κ3) is 8.05. The van der Waals surface area contributed by atoms with Crippen molar-refractivity contribution in [1.82, 2.24) is 0 Å². The summed E-state index contributed by atoms with van der Waals surface area (Å²) >= 11 is 0. The fraction of sp³-hybridized carbons (Fsp3) is 0.643. The molecule has 3 fully saturated rings. The first-order valence-electron chi connectivity index (χ1n) is 13.1. The van der Waals surface area contributed by atoms with E-state index in [4.69, 9.17) is 0 Å². The largest absolute Gasteiger partial charge is 1.00 e. The van der Waals surface area contributed by atoms with Crippen LogP contribution in [0.5, 0.6) is 0 Å². The summed E-state index contributed by atoms with van der Waals surface area (Å²) in [5, 5.41) is 1.48. The van der Waals surface area contributed by atoms with Gasteiger partial charge in [0.05, 0.1) is 26.2 Å². The predicted molar refractivity (Wildman–Crippen MR) is 133 cm³/mol. The lowest BCUT2D eigenvalue weighted by atomic mass is 10.0. The SMILES string of the molecule is C(#C[Si](C#CC[NH+]1CCCCC1)(c1ccccc1)C1CCCCC1)C[NH+]1CCCCC1.[Cl-].[Cl-]. The first-order valence-corrected chi connectivity index (χ1v) is 15.2. The highest BCUT2D eigenvalue weighted by Gasteiger charge is 2.42. The molecule has 0 bridgehead atoms. The molecule has 2 saturated heterocycles. The number of hydrogen-bond acceptors (Lipinski definition) is 0. The van der Waals surface area contributed by atoms with E-state index < -0.39 is 8.07 Å². The van der Waals surface area contributed by atoms with Gasteiger partial charge in [-0.15, -0.1) is 11.1 Å². The fourth-order valence-corrected chi connectivity index (χ4v) is 9.88. The van der Waals surface area contributed by atoms with Crippen molar-refractivity contribution < 1.29 is 34.6 Å². The number of hydrogen-bond donors (Lipinski definition) is 2. The molecule has 1 aromatic rings. The molecule has 5 heteroatoms. The summed E-state index contributed by atoms with van der Waals surface area (Å²) < 4.78 is 0. The minimum Gasteiger partial charge on any atom is -1.00 e. The minimum atomic E-state index is -2.19. The predicted octanol–water partition coefficient (Wildman–Crippen LogP) is -4.09. The maximum absolute atomic E-state index is 3.99. The van der Waals surface area contributed by atoms with Crippen LogP contribution in [0.3, 0.4) is 0 Å². The van der Waals surface area contributed by atoms with Gasteiger partial charge in [0.2, 0.25) is 8.07 Å². The van der Waals surface area contributed by atoms with E-state index in [1.165, 1.54) is 102 Å². The van der Waals surface area contributed by atoms with Crippen LogP contribution in [-0.2, 0) is 0 Å². The fourth-order valence-electron chi connectivity index (χ4n) is 5.93. The van der Waals surface area contributed by atoms with Gasteiger partial charge in [0.25, 0.3) is 0 Å². The molecule has 33 heavy (non-hydrogen) atoms. The molecule has 4 rings (SSSR count). The number of halogens is 2. The Morgan fingerprint density at radius 3 is 1.58 bits per heavy atom. The van der Waals surface area contributed by atoms with Crippen molar-refractivity contribution in [3.8, 4) is 22.9 Å². The van der Waals surface area contributed by atoms with Crippen LogP contribution in [0.4, 0.5) is 0 Å². The third-order valence-electron chi connectivity index (χ3n) is 7.82. The molecule has 1 aromatic carbocycles. The van der Waals surface area contributed by atoms with E-state index >= 15 is 0 Å². The van der Waals surface area contributed by atoms with Gasteiger partial charge >= 0.3 is 0 Å². The highest BCUT2D eigenvalue weighted by molar-refractivity contribution is 7.05. The summed E-state index contributed by atoms with van der Waals surface area (Å²) in [5.41, 5.74) is 8.68. The van der Waals surface area contributed by atoms with Gasteiger partial charge in [-0.25, -0.2) is 0 Å². The van der Waals surface area contributed by atoms with E-state index in [2.05, 4.69) is 53.3 Å². The van der Waals surface area contributed by atoms with Crippen molar-refractivity contribution in [2.24, 2.45) is 0 Å². The molecule has 0 aromatic heterocycles. The summed E-state index contributed by atoms with van der Waals surface area (Å²) in [5.74, 6) is 7.49. The van der Waals surface area contributed by atoms with Gasteiger partial charge < -0.3 is 34.6 Å². The third-order valence-corrected chi connectivity index (χ3v) is 12.0. The molecule has 0 atom stereocenters. The molecule has 2 nitrogen and oxygen atoms in total. The van der Waals surface area contributed by atoms with Crippen LogP contribution in [0.25, 0.3) is 0 Å². The lowest BCUT2D eigenvalue weighted by Gasteiger charge is -2.33. The Morgan fingerprint density at radius 1 is 0.636 bits per heavy atom. The molecule has 0 spiro atoms. The molecule has 1 aliphatic carbocycles. The highest BCUT2D eigenvalue weighted by atomic mass is 35.5. The molecule has 3 aliphatic rings. The summed E-state index contributed by atoms with van der Waals surface area (Å²) in [6.45, 7) is 7.27. The summed E-state index contributed by atoms with van der Waals surface area (Å²) in [6.07, 6.45) is 15.1. The summed E-state index contributed by atoms with van der Waals surface area (Å²) in [4.78, 5) is 3.40. The molecular formula is C28H42Cl2N2Si. The maximum Gasteiger partial charge on any atom is 0.249 e. The summed E-state index contributed by atoms with van der Waals surface area (Å²) in [7, 11) is -2.19. The highest BCUT2D eigenvalue weighted by Crippen LogP contribution is 2.36. The van der Waals surface area contributed by atoms with Gasteiger partial charge in [-0.3, -0.25) is 0 Å². The number of benzene rings is 1. The Balaban J connectivity index is 0.00000193. The van der Waals surface area contributed by atoms with Crippen LogP contribution in [0, 0.1) is 22.9 Å². The van der Waals surface area contributed by atoms with Gasteiger partial charge in [0.1, 0.15) is 13.1 Å². The van der Waals surface area contributed by atoms with Crippen LogP contribution in [-0.4, -0.2) is 47.3 Å². The number of piperidine rings is 2. The number of rotatable bonds is 4. The zero-order chi connectivity index (χ0) is 21.2. The van der Waals surface area contributed by atoms with Crippen molar-refractivity contribution in [2.75, 3.05) is 39.3 Å². The first kappa shape index (κ1) is 28.3. The van der Waals surface area contributed by atoms with Crippen molar-refractivity contribution in [3.63, 3.8) is 0 Å². The van der Waals surface area contributed by atoms with Crippen LogP contribution in [0.1, 0.15) is 70.6 Å². The van der Waals surface area contributed by atoms with E-state index in [9.17, 15) is 0 Å². The Morgan fingerprint density at radius 2 is 1.09 bits per heavy atom. The van der Waals surface area contributed by atoms with Gasteiger partial charge in [-0.1, -0.05) is 62.4 Å². The number of nitrogens with one attached hydrogen (secondary N) is 2. The molecule has 2 N–H and O–H groups in total. The average molecular weight is 506 g/mol. The second-order valence-electron chi connectivity index (χ2n) is 10.1. The molecule has 0 amide bonds. The molecule has 0 unspecified atom stereocenters. The van der Waals surface area contributed by atoms with Gasteiger partial charge in [-0.2, -0.15) is 0 Å². The second-order valence-corrected chi connectivity index (χ2v) is 13.6. The van der Waals surface area contributed by atoms with E-state index in [1.54, 1.807) is 9.80 Å². The number of quaternary nitrogens is 2. The second kappa shape index (κ2) is 15.1. The van der Waals surface area contributed by atoms with E-state index in [1.807, 2.05) is 0 Å². The van der Waals surface area contributed by atoms with E-state index in [0.717, 1.165) is 13.1 Å². The normalized spacial score (nSPS) is 20.2. The zero-order valence-corrected chi connectivity index (χ0v) is 22.8. The monoisotopic (exact) mass is 504 g/mol. The van der Waals surface area contributed by atoms with E-state index in [0.29, 0.717) is 5.54 Å². The van der Waals surface area contributed by atoms with Crippen LogP contribution in [0.2, 0.25) is 5.54 Å². The quantitative estimate of drug-likeness (QED) is 0.304. The van der Waals surface area contributed by atoms with Crippen molar-refractivity contribution >= 4 is 13.3 Å². The van der Waals surface area contributed by atoms with Crippen LogP contribution in [0.15, 0.2) is 30.3 Å². The lowest BCUT2D eigenvalue weighted by Crippen LogP contribution is -3.12. The molecule has 1 saturated carbocycles. The van der Waals surface area contributed by atoms with Gasteiger partial charge in [0, 0.05) is 0 Å². The van der Waals surface area contributed by atoms with Gasteiger partial charge in [0.15, 0.2) is 0 Å². The minimum absolute atomic E-state index is 0. The lowest BCUT2D eigenvalue weighted by molar-refractivity contribution is -0.897. The smallest absolute Gasteiger partial charge is 0.249 e. The Kier molecular flexibility index (Phi) is 13.0. The standard InChI is InChI=1S/C28H40N2Si.2ClH/c1-5-15-27(16-6-1)31(28-17-7-2-8-18-28,25-13-23-29-19-9-3-10-20-29)26-14-24-30-21-11-4-12-22-30;;/h1,5-6,15-16,28H,2-4,7-12,17-24H2;2*1H. The average Bonchev–Trinajstić information content (AvgIpc) is 2.85. The Hall–Kier alpha value is -0.943.